The van der Waals surface area contributed by atoms with Crippen molar-refractivity contribution in [3.63, 3.8) is 0 Å². The second-order valence-corrected chi connectivity index (χ2v) is 9.87. The van der Waals surface area contributed by atoms with E-state index in [4.69, 9.17) is 4.98 Å². The number of aromatic nitrogens is 3. The standard InChI is InChI=1S/C25H31N7OS/c1-29-9-11-30(12-10-29)18-20-3-5-21(6-4-20)24-28-22(19-34-24)17-23(33)31-13-15-32(16-14-31)25-26-7-2-8-27-25/h2-8,19H,9-18H2,1H3. The van der Waals surface area contributed by atoms with Gasteiger partial charge in [0.2, 0.25) is 11.9 Å². The lowest BCUT2D eigenvalue weighted by atomic mass is 10.1. The van der Waals surface area contributed by atoms with Crippen LogP contribution in [-0.2, 0) is 17.8 Å². The van der Waals surface area contributed by atoms with Gasteiger partial charge < -0.3 is 14.7 Å². The van der Waals surface area contributed by atoms with E-state index in [0.29, 0.717) is 19.5 Å². The van der Waals surface area contributed by atoms with Crippen LogP contribution in [-0.4, -0.2) is 95.0 Å². The summed E-state index contributed by atoms with van der Waals surface area (Å²) < 4.78 is 0. The molecule has 1 aromatic carbocycles. The highest BCUT2D eigenvalue weighted by Crippen LogP contribution is 2.25. The number of nitrogens with zero attached hydrogens (tertiary/aromatic N) is 7. The molecule has 0 N–H and O–H groups in total. The molecule has 9 heteroatoms. The van der Waals surface area contributed by atoms with Gasteiger partial charge in [0.1, 0.15) is 5.01 Å². The molecule has 0 bridgehead atoms. The molecular weight excluding hydrogens is 446 g/mol. The van der Waals surface area contributed by atoms with Crippen LogP contribution in [0, 0.1) is 0 Å². The van der Waals surface area contributed by atoms with Crippen molar-refractivity contribution in [2.75, 3.05) is 64.3 Å². The van der Waals surface area contributed by atoms with Gasteiger partial charge in [0.15, 0.2) is 0 Å². The first-order valence-corrected chi connectivity index (χ1v) is 12.8. The van der Waals surface area contributed by atoms with Crippen molar-refractivity contribution >= 4 is 23.2 Å². The lowest BCUT2D eigenvalue weighted by Crippen LogP contribution is -2.49. The molecule has 1 amide bonds. The second kappa shape index (κ2) is 10.6. The fourth-order valence-electron chi connectivity index (χ4n) is 4.41. The number of piperazine rings is 2. The maximum Gasteiger partial charge on any atom is 0.228 e. The third-order valence-electron chi connectivity index (χ3n) is 6.55. The third-order valence-corrected chi connectivity index (χ3v) is 7.49. The number of rotatable bonds is 6. The van der Waals surface area contributed by atoms with Crippen LogP contribution in [0.25, 0.3) is 10.6 Å². The van der Waals surface area contributed by atoms with Gasteiger partial charge in [-0.1, -0.05) is 24.3 Å². The Bertz CT molecular complexity index is 1070. The highest BCUT2D eigenvalue weighted by atomic mass is 32.1. The first-order valence-electron chi connectivity index (χ1n) is 11.9. The molecule has 2 aliphatic rings. The van der Waals surface area contributed by atoms with Crippen LogP contribution in [0.4, 0.5) is 5.95 Å². The van der Waals surface area contributed by atoms with E-state index in [-0.39, 0.29) is 5.91 Å². The summed E-state index contributed by atoms with van der Waals surface area (Å²) in [7, 11) is 2.18. The first-order chi connectivity index (χ1) is 16.6. The summed E-state index contributed by atoms with van der Waals surface area (Å²) >= 11 is 1.61. The zero-order valence-corrected chi connectivity index (χ0v) is 20.5. The van der Waals surface area contributed by atoms with E-state index in [0.717, 1.165) is 68.0 Å². The van der Waals surface area contributed by atoms with Crippen LogP contribution >= 0.6 is 11.3 Å². The van der Waals surface area contributed by atoms with Crippen molar-refractivity contribution in [3.8, 4) is 10.6 Å². The Morgan fingerprint density at radius 1 is 0.941 bits per heavy atom. The summed E-state index contributed by atoms with van der Waals surface area (Å²) in [6.07, 6.45) is 3.85. The molecule has 34 heavy (non-hydrogen) atoms. The Morgan fingerprint density at radius 3 is 2.35 bits per heavy atom. The average molecular weight is 478 g/mol. The molecule has 0 atom stereocenters. The monoisotopic (exact) mass is 477 g/mol. The summed E-state index contributed by atoms with van der Waals surface area (Å²) in [5, 5.41) is 2.99. The maximum absolute atomic E-state index is 12.8. The Balaban J connectivity index is 1.13. The van der Waals surface area contributed by atoms with E-state index in [1.807, 2.05) is 16.3 Å². The number of amides is 1. The molecule has 178 valence electrons. The fraction of sp³-hybridized carbons (Fsp3) is 0.440. The number of anilines is 1. The summed E-state index contributed by atoms with van der Waals surface area (Å²) in [6.45, 7) is 8.37. The molecule has 3 aromatic rings. The van der Waals surface area contributed by atoms with Gasteiger partial charge in [-0.2, -0.15) is 0 Å². The quantitative estimate of drug-likeness (QED) is 0.539. The number of likely N-dealkylation sites (N-methyl/N-ethyl adjacent to an activating group) is 1. The van der Waals surface area contributed by atoms with Gasteiger partial charge in [0.05, 0.1) is 12.1 Å². The second-order valence-electron chi connectivity index (χ2n) is 9.01. The van der Waals surface area contributed by atoms with Crippen LogP contribution in [0.2, 0.25) is 0 Å². The minimum Gasteiger partial charge on any atom is -0.339 e. The first kappa shape index (κ1) is 22.9. The normalized spacial score (nSPS) is 17.8. The molecule has 2 aromatic heterocycles. The van der Waals surface area contributed by atoms with E-state index < -0.39 is 0 Å². The molecule has 8 nitrogen and oxygen atoms in total. The largest absolute Gasteiger partial charge is 0.339 e. The van der Waals surface area contributed by atoms with Crippen LogP contribution in [0.15, 0.2) is 48.1 Å². The number of hydrogen-bond acceptors (Lipinski definition) is 8. The third kappa shape index (κ3) is 5.60. The maximum atomic E-state index is 12.8. The van der Waals surface area contributed by atoms with Crippen molar-refractivity contribution in [1.29, 1.82) is 0 Å². The summed E-state index contributed by atoms with van der Waals surface area (Å²) in [6, 6.07) is 10.5. The minimum absolute atomic E-state index is 0.132. The van der Waals surface area contributed by atoms with Gasteiger partial charge in [0, 0.05) is 82.2 Å². The van der Waals surface area contributed by atoms with Gasteiger partial charge in [-0.15, -0.1) is 11.3 Å². The van der Waals surface area contributed by atoms with Crippen molar-refractivity contribution in [1.82, 2.24) is 29.7 Å². The molecule has 5 rings (SSSR count). The number of thiazole rings is 1. The van der Waals surface area contributed by atoms with Gasteiger partial charge in [-0.05, 0) is 18.7 Å². The molecule has 4 heterocycles. The van der Waals surface area contributed by atoms with Crippen LogP contribution in [0.3, 0.4) is 0 Å². The van der Waals surface area contributed by atoms with Gasteiger partial charge >= 0.3 is 0 Å². The molecule has 0 spiro atoms. The predicted molar refractivity (Wildman–Crippen MR) is 135 cm³/mol. The molecule has 0 radical (unpaired) electrons. The average Bonchev–Trinajstić information content (AvgIpc) is 3.35. The number of benzene rings is 1. The number of hydrogen-bond donors (Lipinski definition) is 0. The molecular formula is C25H31N7OS. The number of carbonyl (C=O) groups excluding carboxylic acids is 1. The van der Waals surface area contributed by atoms with Gasteiger partial charge in [0.25, 0.3) is 0 Å². The minimum atomic E-state index is 0.132. The molecule has 2 fully saturated rings. The van der Waals surface area contributed by atoms with E-state index >= 15 is 0 Å². The van der Waals surface area contributed by atoms with Crippen LogP contribution in [0.1, 0.15) is 11.3 Å². The Hall–Kier alpha value is -2.88. The molecule has 2 saturated heterocycles. The van der Waals surface area contributed by atoms with Crippen molar-refractivity contribution < 1.29 is 4.79 Å². The smallest absolute Gasteiger partial charge is 0.228 e. The summed E-state index contributed by atoms with van der Waals surface area (Å²) in [5.41, 5.74) is 3.29. The molecule has 2 aliphatic heterocycles. The van der Waals surface area contributed by atoms with E-state index in [1.165, 1.54) is 5.56 Å². The lowest BCUT2D eigenvalue weighted by Gasteiger charge is -2.34. The van der Waals surface area contributed by atoms with E-state index in [2.05, 4.69) is 56.0 Å². The van der Waals surface area contributed by atoms with E-state index in [1.54, 1.807) is 23.7 Å². The Labute approximate surface area is 204 Å². The Morgan fingerprint density at radius 2 is 1.65 bits per heavy atom. The molecule has 0 saturated carbocycles. The lowest BCUT2D eigenvalue weighted by molar-refractivity contribution is -0.130. The van der Waals surface area contributed by atoms with Crippen LogP contribution < -0.4 is 4.90 Å². The summed E-state index contributed by atoms with van der Waals surface area (Å²) in [4.78, 5) is 35.1. The van der Waals surface area contributed by atoms with Crippen molar-refractivity contribution in [3.05, 3.63) is 59.4 Å². The van der Waals surface area contributed by atoms with E-state index in [9.17, 15) is 4.79 Å². The van der Waals surface area contributed by atoms with Gasteiger partial charge in [-0.3, -0.25) is 9.69 Å². The highest BCUT2D eigenvalue weighted by Gasteiger charge is 2.23. The topological polar surface area (TPSA) is 68.7 Å². The molecule has 0 unspecified atom stereocenters. The number of carbonyl (C=O) groups is 1. The predicted octanol–water partition coefficient (Wildman–Crippen LogP) is 2.24. The zero-order chi connectivity index (χ0) is 23.3. The molecule has 0 aliphatic carbocycles. The fourth-order valence-corrected chi connectivity index (χ4v) is 5.24. The summed E-state index contributed by atoms with van der Waals surface area (Å²) in [5.74, 6) is 0.862. The van der Waals surface area contributed by atoms with Crippen molar-refractivity contribution in [2.24, 2.45) is 0 Å². The Kier molecular flexibility index (Phi) is 7.13. The van der Waals surface area contributed by atoms with Gasteiger partial charge in [-0.25, -0.2) is 15.0 Å². The van der Waals surface area contributed by atoms with Crippen LogP contribution in [0.5, 0.6) is 0 Å². The highest BCUT2D eigenvalue weighted by molar-refractivity contribution is 7.13. The zero-order valence-electron chi connectivity index (χ0n) is 19.6. The van der Waals surface area contributed by atoms with Crippen molar-refractivity contribution in [2.45, 2.75) is 13.0 Å². The SMILES string of the molecule is CN1CCN(Cc2ccc(-c3nc(CC(=O)N4CCN(c5ncccn5)CC4)cs3)cc2)CC1.